The number of aliphatic hydroxyl groups is 2. The van der Waals surface area contributed by atoms with Crippen molar-refractivity contribution in [1.82, 2.24) is 5.32 Å². The Hall–Kier alpha value is -2.18. The van der Waals surface area contributed by atoms with Gasteiger partial charge in [0.1, 0.15) is 0 Å². The van der Waals surface area contributed by atoms with Gasteiger partial charge >= 0.3 is 5.97 Å². The van der Waals surface area contributed by atoms with Crippen LogP contribution in [0.1, 0.15) is 412 Å². The maximum absolute atomic E-state index is 12.5. The zero-order valence-corrected chi connectivity index (χ0v) is 56.6. The van der Waals surface area contributed by atoms with E-state index in [1.165, 1.54) is 321 Å². The predicted molar refractivity (Wildman–Crippen MR) is 370 cm³/mol. The SMILES string of the molecule is CCCCC/C=C\C/C=C\CCCCCCCCCCCC(=O)OCCCCCCCCCCCCCCC/C=C\C/C=C\CCCCCCCCCCCCCCCCCCCC(=O)NC(CO)C(O)CCCCCCCCCCCCC. The molecule has 2 atom stereocenters. The summed E-state index contributed by atoms with van der Waals surface area (Å²) in [5.41, 5.74) is 0. The highest BCUT2D eigenvalue weighted by atomic mass is 16.5. The van der Waals surface area contributed by atoms with Crippen molar-refractivity contribution in [3.63, 3.8) is 0 Å². The summed E-state index contributed by atoms with van der Waals surface area (Å²) in [5, 5.41) is 23.2. The third-order valence-corrected chi connectivity index (χ3v) is 17.6. The summed E-state index contributed by atoms with van der Waals surface area (Å²) < 4.78 is 5.51. The Morgan fingerprint density at radius 2 is 0.595 bits per heavy atom. The van der Waals surface area contributed by atoms with E-state index in [0.29, 0.717) is 25.9 Å². The van der Waals surface area contributed by atoms with Gasteiger partial charge < -0.3 is 20.3 Å². The molecule has 6 nitrogen and oxygen atoms in total. The second-order valence-electron chi connectivity index (χ2n) is 26.0. The molecule has 0 aliphatic heterocycles. The number of carbonyl (C=O) groups excluding carboxylic acids is 2. The van der Waals surface area contributed by atoms with Crippen LogP contribution in [0.4, 0.5) is 0 Å². The number of hydrogen-bond donors (Lipinski definition) is 3. The van der Waals surface area contributed by atoms with E-state index < -0.39 is 12.1 Å². The van der Waals surface area contributed by atoms with Crippen molar-refractivity contribution in [3.05, 3.63) is 48.6 Å². The number of nitrogens with one attached hydrogen (secondary N) is 1. The van der Waals surface area contributed by atoms with Crippen LogP contribution < -0.4 is 5.32 Å². The van der Waals surface area contributed by atoms with E-state index in [0.717, 1.165) is 57.8 Å². The average Bonchev–Trinajstić information content (AvgIpc) is 3.53. The van der Waals surface area contributed by atoms with Gasteiger partial charge in [0.05, 0.1) is 25.4 Å². The molecule has 0 saturated heterocycles. The van der Waals surface area contributed by atoms with Gasteiger partial charge in [-0.2, -0.15) is 0 Å². The summed E-state index contributed by atoms with van der Waals surface area (Å²) in [6.07, 6.45) is 96.3. The first kappa shape index (κ1) is 81.8. The van der Waals surface area contributed by atoms with Crippen molar-refractivity contribution in [1.29, 1.82) is 0 Å². The van der Waals surface area contributed by atoms with E-state index in [4.69, 9.17) is 4.74 Å². The highest BCUT2D eigenvalue weighted by Gasteiger charge is 2.20. The van der Waals surface area contributed by atoms with Crippen LogP contribution in [0.2, 0.25) is 0 Å². The van der Waals surface area contributed by atoms with E-state index in [2.05, 4.69) is 67.8 Å². The number of aliphatic hydroxyl groups excluding tert-OH is 2. The van der Waals surface area contributed by atoms with Gasteiger partial charge in [-0.05, 0) is 89.9 Å². The molecule has 0 radical (unpaired) electrons. The van der Waals surface area contributed by atoms with Crippen LogP contribution in [0.15, 0.2) is 48.6 Å². The maximum atomic E-state index is 12.5. The normalized spacial score (nSPS) is 12.8. The zero-order valence-electron chi connectivity index (χ0n) is 56.6. The second-order valence-corrected chi connectivity index (χ2v) is 26.0. The van der Waals surface area contributed by atoms with E-state index >= 15 is 0 Å². The first-order valence-electron chi connectivity index (χ1n) is 37.9. The third kappa shape index (κ3) is 68.9. The molecule has 84 heavy (non-hydrogen) atoms. The lowest BCUT2D eigenvalue weighted by atomic mass is 10.0. The number of ether oxygens (including phenoxy) is 1. The van der Waals surface area contributed by atoms with E-state index in [1.807, 2.05) is 0 Å². The smallest absolute Gasteiger partial charge is 0.305 e. The average molecular weight is 1180 g/mol. The molecule has 0 bridgehead atoms. The Morgan fingerprint density at radius 3 is 0.929 bits per heavy atom. The Labute approximate surface area is 525 Å². The molecule has 2 unspecified atom stereocenters. The fraction of sp³-hybridized carbons (Fsp3) is 0.872. The van der Waals surface area contributed by atoms with Crippen molar-refractivity contribution in [2.75, 3.05) is 13.2 Å². The standard InChI is InChI=1S/C78H147NO5/c1-3-5-7-9-11-13-15-16-17-18-38-42-45-48-52-56-60-64-68-72-78(83)84-73-69-65-61-57-53-49-46-43-40-37-35-33-31-29-27-25-23-21-19-20-22-24-26-28-30-32-34-36-39-41-44-47-51-55-59-63-67-71-77(82)79-75(74-80)76(81)70-66-62-58-54-50-14-12-10-8-6-4-2/h11,13,16-17,19,21,25,27,75-76,80-81H,3-10,12,14-15,18,20,22-24,26,28-74H2,1-2H3,(H,79,82)/b13-11-,17-16-,21-19-,27-25-. The van der Waals surface area contributed by atoms with E-state index in [-0.39, 0.29) is 18.5 Å². The lowest BCUT2D eigenvalue weighted by Crippen LogP contribution is -2.45. The summed E-state index contributed by atoms with van der Waals surface area (Å²) in [6.45, 7) is 4.95. The third-order valence-electron chi connectivity index (χ3n) is 17.6. The molecule has 0 spiro atoms. The summed E-state index contributed by atoms with van der Waals surface area (Å²) in [4.78, 5) is 24.6. The van der Waals surface area contributed by atoms with Crippen LogP contribution in [0.5, 0.6) is 0 Å². The molecule has 0 aromatic rings. The van der Waals surface area contributed by atoms with Crippen molar-refractivity contribution in [2.24, 2.45) is 0 Å². The molecule has 0 aromatic heterocycles. The molecule has 0 heterocycles. The fourth-order valence-electron chi connectivity index (χ4n) is 11.8. The topological polar surface area (TPSA) is 95.9 Å². The summed E-state index contributed by atoms with van der Waals surface area (Å²) in [6, 6.07) is -0.538. The minimum Gasteiger partial charge on any atom is -0.466 e. The van der Waals surface area contributed by atoms with Crippen LogP contribution >= 0.6 is 0 Å². The van der Waals surface area contributed by atoms with Crippen molar-refractivity contribution in [3.8, 4) is 0 Å². The van der Waals surface area contributed by atoms with Gasteiger partial charge in [0.2, 0.25) is 5.91 Å². The first-order valence-corrected chi connectivity index (χ1v) is 37.9. The van der Waals surface area contributed by atoms with Gasteiger partial charge in [0.25, 0.3) is 0 Å². The van der Waals surface area contributed by atoms with Gasteiger partial charge in [-0.3, -0.25) is 9.59 Å². The Morgan fingerprint density at radius 1 is 0.333 bits per heavy atom. The van der Waals surface area contributed by atoms with Crippen molar-refractivity contribution in [2.45, 2.75) is 424 Å². The van der Waals surface area contributed by atoms with Crippen LogP contribution in [0.3, 0.4) is 0 Å². The quantitative estimate of drug-likeness (QED) is 0.0320. The fourth-order valence-corrected chi connectivity index (χ4v) is 11.8. The molecule has 494 valence electrons. The van der Waals surface area contributed by atoms with E-state index in [1.54, 1.807) is 0 Å². The van der Waals surface area contributed by atoms with Crippen LogP contribution in [-0.4, -0.2) is 47.4 Å². The molecule has 3 N–H and O–H groups in total. The Bertz CT molecular complexity index is 1400. The van der Waals surface area contributed by atoms with Gasteiger partial charge in [0.15, 0.2) is 0 Å². The monoisotopic (exact) mass is 1180 g/mol. The molecule has 0 saturated carbocycles. The zero-order chi connectivity index (χ0) is 60.6. The van der Waals surface area contributed by atoms with Gasteiger partial charge in [-0.1, -0.05) is 358 Å². The molecular formula is C78H147NO5. The molecule has 0 aliphatic rings. The van der Waals surface area contributed by atoms with Crippen LogP contribution in [0, 0.1) is 0 Å². The number of hydrogen-bond acceptors (Lipinski definition) is 5. The largest absolute Gasteiger partial charge is 0.466 e. The lowest BCUT2D eigenvalue weighted by Gasteiger charge is -2.22. The molecule has 0 aromatic carbocycles. The minimum atomic E-state index is -0.661. The number of rotatable bonds is 71. The number of esters is 1. The van der Waals surface area contributed by atoms with Crippen molar-refractivity contribution < 1.29 is 24.5 Å². The first-order chi connectivity index (χ1) is 41.5. The summed E-state index contributed by atoms with van der Waals surface area (Å²) in [7, 11) is 0. The molecular weight excluding hydrogens is 1030 g/mol. The number of unbranched alkanes of at least 4 members (excludes halogenated alkanes) is 52. The predicted octanol–water partition coefficient (Wildman–Crippen LogP) is 24.8. The molecule has 0 rings (SSSR count). The summed E-state index contributed by atoms with van der Waals surface area (Å²) in [5.74, 6) is -0.0164. The van der Waals surface area contributed by atoms with Gasteiger partial charge in [0, 0.05) is 12.8 Å². The highest BCUT2D eigenvalue weighted by Crippen LogP contribution is 2.19. The van der Waals surface area contributed by atoms with Gasteiger partial charge in [-0.15, -0.1) is 0 Å². The van der Waals surface area contributed by atoms with Crippen LogP contribution in [-0.2, 0) is 14.3 Å². The minimum absolute atomic E-state index is 0.0152. The number of allylic oxidation sites excluding steroid dienone is 8. The molecule has 0 fully saturated rings. The second kappa shape index (κ2) is 73.3. The number of carbonyl (C=O) groups is 2. The van der Waals surface area contributed by atoms with E-state index in [9.17, 15) is 19.8 Å². The summed E-state index contributed by atoms with van der Waals surface area (Å²) >= 11 is 0. The Balaban J connectivity index is 3.34. The van der Waals surface area contributed by atoms with Crippen LogP contribution in [0.25, 0.3) is 0 Å². The lowest BCUT2D eigenvalue weighted by molar-refractivity contribution is -0.143. The molecule has 6 heteroatoms. The Kier molecular flexibility index (Phi) is 71.4. The maximum Gasteiger partial charge on any atom is 0.305 e. The molecule has 1 amide bonds. The number of amides is 1. The molecule has 0 aliphatic carbocycles. The van der Waals surface area contributed by atoms with Crippen molar-refractivity contribution >= 4 is 11.9 Å². The highest BCUT2D eigenvalue weighted by molar-refractivity contribution is 5.76. The van der Waals surface area contributed by atoms with Gasteiger partial charge in [-0.25, -0.2) is 0 Å².